The van der Waals surface area contributed by atoms with Crippen molar-refractivity contribution in [2.75, 3.05) is 18.0 Å². The van der Waals surface area contributed by atoms with Gasteiger partial charge in [-0.05, 0) is 30.7 Å². The minimum absolute atomic E-state index is 0.0977. The summed E-state index contributed by atoms with van der Waals surface area (Å²) >= 11 is 0. The molecule has 1 saturated heterocycles. The van der Waals surface area contributed by atoms with Gasteiger partial charge < -0.3 is 15.3 Å². The van der Waals surface area contributed by atoms with Gasteiger partial charge >= 0.3 is 5.97 Å². The number of hydrogen-bond acceptors (Lipinski definition) is 3. The van der Waals surface area contributed by atoms with E-state index in [1.807, 2.05) is 0 Å². The molecule has 0 aromatic heterocycles. The van der Waals surface area contributed by atoms with E-state index in [0.717, 1.165) is 12.1 Å². The van der Waals surface area contributed by atoms with Gasteiger partial charge in [-0.25, -0.2) is 0 Å². The van der Waals surface area contributed by atoms with Crippen LogP contribution in [0.1, 0.15) is 29.6 Å². The fraction of sp³-hybridized carbons (Fsp3) is 0.357. The Morgan fingerprint density at radius 3 is 2.50 bits per heavy atom. The van der Waals surface area contributed by atoms with E-state index in [1.54, 1.807) is 29.2 Å². The number of nitrogens with one attached hydrogen (secondary N) is 1. The van der Waals surface area contributed by atoms with Crippen LogP contribution >= 0.6 is 0 Å². The SMILES string of the molecule is O=C(O)CCNC(=O)c1ccc(N2CCCC2=O)cc1. The van der Waals surface area contributed by atoms with Crippen molar-refractivity contribution >= 4 is 23.5 Å². The van der Waals surface area contributed by atoms with E-state index in [0.29, 0.717) is 18.5 Å². The van der Waals surface area contributed by atoms with Gasteiger partial charge in [-0.15, -0.1) is 0 Å². The second-order valence-electron chi connectivity index (χ2n) is 4.60. The van der Waals surface area contributed by atoms with Gasteiger partial charge in [-0.1, -0.05) is 0 Å². The van der Waals surface area contributed by atoms with Crippen LogP contribution < -0.4 is 10.2 Å². The number of anilines is 1. The first kappa shape index (κ1) is 14.0. The molecule has 2 rings (SSSR count). The number of rotatable bonds is 5. The average Bonchev–Trinajstić information content (AvgIpc) is 2.84. The summed E-state index contributed by atoms with van der Waals surface area (Å²) in [6.07, 6.45) is 1.32. The number of benzene rings is 1. The molecule has 2 N–H and O–H groups in total. The van der Waals surface area contributed by atoms with Crippen LogP contribution in [-0.4, -0.2) is 36.0 Å². The second-order valence-corrected chi connectivity index (χ2v) is 4.60. The van der Waals surface area contributed by atoms with Crippen LogP contribution in [0.4, 0.5) is 5.69 Å². The first-order valence-corrected chi connectivity index (χ1v) is 6.48. The number of amides is 2. The highest BCUT2D eigenvalue weighted by Gasteiger charge is 2.21. The Labute approximate surface area is 116 Å². The van der Waals surface area contributed by atoms with Crippen LogP contribution in [0.3, 0.4) is 0 Å². The molecule has 1 fully saturated rings. The van der Waals surface area contributed by atoms with Gasteiger partial charge in [0.15, 0.2) is 0 Å². The fourth-order valence-electron chi connectivity index (χ4n) is 2.10. The molecule has 1 aliphatic rings. The molecule has 1 aromatic rings. The highest BCUT2D eigenvalue weighted by Crippen LogP contribution is 2.21. The lowest BCUT2D eigenvalue weighted by atomic mass is 10.2. The lowest BCUT2D eigenvalue weighted by molar-refractivity contribution is -0.136. The normalized spacial score (nSPS) is 14.4. The second kappa shape index (κ2) is 6.18. The fourth-order valence-corrected chi connectivity index (χ4v) is 2.10. The summed E-state index contributed by atoms with van der Waals surface area (Å²) in [4.78, 5) is 35.4. The van der Waals surface area contributed by atoms with Crippen LogP contribution in [0.2, 0.25) is 0 Å². The molecule has 2 amide bonds. The van der Waals surface area contributed by atoms with E-state index in [-0.39, 0.29) is 24.8 Å². The summed E-state index contributed by atoms with van der Waals surface area (Å²) in [6, 6.07) is 6.73. The monoisotopic (exact) mass is 276 g/mol. The summed E-state index contributed by atoms with van der Waals surface area (Å²) in [5.74, 6) is -1.16. The van der Waals surface area contributed by atoms with E-state index in [2.05, 4.69) is 5.32 Å². The minimum atomic E-state index is -0.951. The summed E-state index contributed by atoms with van der Waals surface area (Å²) < 4.78 is 0. The summed E-state index contributed by atoms with van der Waals surface area (Å²) in [5.41, 5.74) is 1.24. The van der Waals surface area contributed by atoms with Crippen LogP contribution in [0.15, 0.2) is 24.3 Å². The number of aliphatic carboxylic acids is 1. The lowest BCUT2D eigenvalue weighted by Gasteiger charge is -2.15. The Kier molecular flexibility index (Phi) is 4.34. The molecule has 6 nitrogen and oxygen atoms in total. The largest absolute Gasteiger partial charge is 0.481 e. The van der Waals surface area contributed by atoms with Crippen LogP contribution in [0.25, 0.3) is 0 Å². The van der Waals surface area contributed by atoms with Gasteiger partial charge in [-0.2, -0.15) is 0 Å². The predicted molar refractivity (Wildman–Crippen MR) is 72.6 cm³/mol. The number of hydrogen-bond donors (Lipinski definition) is 2. The zero-order chi connectivity index (χ0) is 14.5. The Morgan fingerprint density at radius 1 is 1.25 bits per heavy atom. The van der Waals surface area contributed by atoms with Crippen molar-refractivity contribution in [3.63, 3.8) is 0 Å². The first-order valence-electron chi connectivity index (χ1n) is 6.48. The Bertz CT molecular complexity index is 524. The topological polar surface area (TPSA) is 86.7 Å². The molecule has 0 atom stereocenters. The molecule has 1 aromatic carbocycles. The van der Waals surface area contributed by atoms with Gasteiger partial charge in [-0.3, -0.25) is 14.4 Å². The highest BCUT2D eigenvalue weighted by molar-refractivity contribution is 5.97. The summed E-state index contributed by atoms with van der Waals surface area (Å²) in [5, 5.41) is 11.0. The van der Waals surface area contributed by atoms with Gasteiger partial charge in [0.25, 0.3) is 5.91 Å². The maximum Gasteiger partial charge on any atom is 0.305 e. The molecular formula is C14H16N2O4. The van der Waals surface area contributed by atoms with Crippen molar-refractivity contribution < 1.29 is 19.5 Å². The lowest BCUT2D eigenvalue weighted by Crippen LogP contribution is -2.26. The van der Waals surface area contributed by atoms with E-state index in [4.69, 9.17) is 5.11 Å². The quantitative estimate of drug-likeness (QED) is 0.840. The third-order valence-electron chi connectivity index (χ3n) is 3.14. The van der Waals surface area contributed by atoms with Crippen molar-refractivity contribution in [1.82, 2.24) is 5.32 Å². The molecule has 0 bridgehead atoms. The smallest absolute Gasteiger partial charge is 0.305 e. The molecule has 1 heterocycles. The van der Waals surface area contributed by atoms with Crippen molar-refractivity contribution in [1.29, 1.82) is 0 Å². The van der Waals surface area contributed by atoms with Gasteiger partial charge in [0.2, 0.25) is 5.91 Å². The third kappa shape index (κ3) is 3.34. The number of carbonyl (C=O) groups excluding carboxylic acids is 2. The van der Waals surface area contributed by atoms with Crippen molar-refractivity contribution in [3.8, 4) is 0 Å². The van der Waals surface area contributed by atoms with Crippen molar-refractivity contribution in [2.45, 2.75) is 19.3 Å². The molecule has 0 aliphatic carbocycles. The molecule has 1 aliphatic heterocycles. The zero-order valence-corrected chi connectivity index (χ0v) is 11.0. The molecule has 0 spiro atoms. The Morgan fingerprint density at radius 2 is 1.95 bits per heavy atom. The van der Waals surface area contributed by atoms with E-state index >= 15 is 0 Å². The minimum Gasteiger partial charge on any atom is -0.481 e. The zero-order valence-electron chi connectivity index (χ0n) is 11.0. The van der Waals surface area contributed by atoms with Crippen LogP contribution in [-0.2, 0) is 9.59 Å². The Balaban J connectivity index is 1.95. The average molecular weight is 276 g/mol. The standard InChI is InChI=1S/C14H16N2O4/c17-12-2-1-9-16(12)11-5-3-10(4-6-11)14(20)15-8-7-13(18)19/h3-6H,1-2,7-9H2,(H,15,20)(H,18,19). The third-order valence-corrected chi connectivity index (χ3v) is 3.14. The number of carboxylic acid groups (broad SMARTS) is 1. The van der Waals surface area contributed by atoms with Crippen LogP contribution in [0, 0.1) is 0 Å². The Hall–Kier alpha value is -2.37. The van der Waals surface area contributed by atoms with E-state index in [9.17, 15) is 14.4 Å². The number of carboxylic acids is 1. The van der Waals surface area contributed by atoms with Crippen molar-refractivity contribution in [3.05, 3.63) is 29.8 Å². The molecule has 20 heavy (non-hydrogen) atoms. The maximum atomic E-state index is 11.7. The highest BCUT2D eigenvalue weighted by atomic mass is 16.4. The molecule has 106 valence electrons. The molecular weight excluding hydrogens is 260 g/mol. The number of carbonyl (C=O) groups is 3. The molecule has 0 radical (unpaired) electrons. The van der Waals surface area contributed by atoms with Gasteiger partial charge in [0.1, 0.15) is 0 Å². The summed E-state index contributed by atoms with van der Waals surface area (Å²) in [7, 11) is 0. The molecule has 6 heteroatoms. The predicted octanol–water partition coefficient (Wildman–Crippen LogP) is 1.02. The van der Waals surface area contributed by atoms with E-state index in [1.165, 1.54) is 0 Å². The van der Waals surface area contributed by atoms with Gasteiger partial charge in [0.05, 0.1) is 6.42 Å². The summed E-state index contributed by atoms with van der Waals surface area (Å²) in [6.45, 7) is 0.809. The van der Waals surface area contributed by atoms with Gasteiger partial charge in [0, 0.05) is 30.8 Å². The van der Waals surface area contributed by atoms with E-state index < -0.39 is 5.97 Å². The number of nitrogens with zero attached hydrogens (tertiary/aromatic N) is 1. The molecule has 0 saturated carbocycles. The first-order chi connectivity index (χ1) is 9.58. The van der Waals surface area contributed by atoms with Crippen molar-refractivity contribution in [2.24, 2.45) is 0 Å². The molecule has 0 unspecified atom stereocenters. The van der Waals surface area contributed by atoms with Crippen LogP contribution in [0.5, 0.6) is 0 Å². The maximum absolute atomic E-state index is 11.7.